The third kappa shape index (κ3) is 10.8. The van der Waals surface area contributed by atoms with Crippen LogP contribution in [0.2, 0.25) is 0 Å². The Bertz CT molecular complexity index is 428. The molecule has 0 fully saturated rings. The van der Waals surface area contributed by atoms with Crippen molar-refractivity contribution in [3.63, 3.8) is 0 Å². The highest BCUT2D eigenvalue weighted by Gasteiger charge is 2.30. The lowest BCUT2D eigenvalue weighted by Gasteiger charge is -2.33. The Morgan fingerprint density at radius 2 is 1.76 bits per heavy atom. The standard InChI is InChI=1S/C19H36N2O4/c1-8-10-12-13-17(24-14-11-9-2)21(15-16(22)20(6)7)18(23)25-19(3,4)5/h10,12,17H,8-9,11,13-15H2,1-7H3/b12-10-. The molecule has 2 amide bonds. The summed E-state index contributed by atoms with van der Waals surface area (Å²) >= 11 is 0. The fourth-order valence-corrected chi connectivity index (χ4v) is 1.92. The fraction of sp³-hybridized carbons (Fsp3) is 0.789. The van der Waals surface area contributed by atoms with Crippen LogP contribution in [0.25, 0.3) is 0 Å². The Morgan fingerprint density at radius 1 is 1.12 bits per heavy atom. The molecule has 146 valence electrons. The van der Waals surface area contributed by atoms with E-state index in [1.54, 1.807) is 34.9 Å². The summed E-state index contributed by atoms with van der Waals surface area (Å²) in [6.07, 6.45) is 6.29. The van der Waals surface area contributed by atoms with Crippen LogP contribution in [-0.2, 0) is 14.3 Å². The van der Waals surface area contributed by atoms with Gasteiger partial charge >= 0.3 is 6.09 Å². The second-order valence-electron chi connectivity index (χ2n) is 7.19. The Balaban J connectivity index is 5.34. The monoisotopic (exact) mass is 356 g/mol. The summed E-state index contributed by atoms with van der Waals surface area (Å²) < 4.78 is 11.4. The highest BCUT2D eigenvalue weighted by Crippen LogP contribution is 2.16. The molecule has 0 rings (SSSR count). The molecule has 0 aliphatic carbocycles. The van der Waals surface area contributed by atoms with Crippen LogP contribution in [0, 0.1) is 0 Å². The molecule has 0 aliphatic heterocycles. The number of allylic oxidation sites excluding steroid dienone is 1. The summed E-state index contributed by atoms with van der Waals surface area (Å²) in [4.78, 5) is 27.7. The number of nitrogens with zero attached hydrogens (tertiary/aromatic N) is 2. The Hall–Kier alpha value is -1.56. The van der Waals surface area contributed by atoms with Crippen LogP contribution in [0.5, 0.6) is 0 Å². The van der Waals surface area contributed by atoms with E-state index in [-0.39, 0.29) is 12.5 Å². The van der Waals surface area contributed by atoms with E-state index in [1.165, 1.54) is 9.80 Å². The number of rotatable bonds is 10. The molecule has 0 aromatic carbocycles. The molecule has 0 heterocycles. The van der Waals surface area contributed by atoms with E-state index < -0.39 is 17.9 Å². The molecule has 0 spiro atoms. The van der Waals surface area contributed by atoms with Crippen LogP contribution < -0.4 is 0 Å². The van der Waals surface area contributed by atoms with Crippen molar-refractivity contribution in [2.45, 2.75) is 72.1 Å². The van der Waals surface area contributed by atoms with Gasteiger partial charge in [-0.2, -0.15) is 0 Å². The molecule has 1 atom stereocenters. The lowest BCUT2D eigenvalue weighted by molar-refractivity contribution is -0.134. The Labute approximate surface area is 153 Å². The van der Waals surface area contributed by atoms with Crippen LogP contribution in [0.3, 0.4) is 0 Å². The van der Waals surface area contributed by atoms with Crippen LogP contribution in [0.1, 0.15) is 60.3 Å². The summed E-state index contributed by atoms with van der Waals surface area (Å²) in [5, 5.41) is 0. The zero-order valence-electron chi connectivity index (χ0n) is 17.0. The van der Waals surface area contributed by atoms with Gasteiger partial charge in [0.2, 0.25) is 5.91 Å². The molecule has 0 aromatic heterocycles. The molecule has 1 unspecified atom stereocenters. The third-order valence-corrected chi connectivity index (χ3v) is 3.33. The van der Waals surface area contributed by atoms with Crippen molar-refractivity contribution in [1.82, 2.24) is 9.80 Å². The molecule has 0 N–H and O–H groups in total. The first kappa shape index (κ1) is 23.4. The van der Waals surface area contributed by atoms with Crippen molar-refractivity contribution in [1.29, 1.82) is 0 Å². The molecule has 25 heavy (non-hydrogen) atoms. The van der Waals surface area contributed by atoms with Gasteiger partial charge in [0.1, 0.15) is 18.4 Å². The number of hydrogen-bond acceptors (Lipinski definition) is 4. The van der Waals surface area contributed by atoms with E-state index in [2.05, 4.69) is 6.92 Å². The van der Waals surface area contributed by atoms with E-state index in [0.29, 0.717) is 13.0 Å². The third-order valence-electron chi connectivity index (χ3n) is 3.33. The summed E-state index contributed by atoms with van der Waals surface area (Å²) in [5.41, 5.74) is -0.635. The molecule has 0 bridgehead atoms. The van der Waals surface area contributed by atoms with Gasteiger partial charge in [0.25, 0.3) is 0 Å². The van der Waals surface area contributed by atoms with Gasteiger partial charge in [-0.15, -0.1) is 0 Å². The maximum atomic E-state index is 12.7. The fourth-order valence-electron chi connectivity index (χ4n) is 1.92. The molecule has 6 heteroatoms. The Kier molecular flexibility index (Phi) is 11.2. The highest BCUT2D eigenvalue weighted by atomic mass is 16.6. The quantitative estimate of drug-likeness (QED) is 0.339. The van der Waals surface area contributed by atoms with Crippen LogP contribution in [0.4, 0.5) is 4.79 Å². The number of carbonyl (C=O) groups is 2. The minimum Gasteiger partial charge on any atom is -0.444 e. The van der Waals surface area contributed by atoms with Crippen LogP contribution >= 0.6 is 0 Å². The summed E-state index contributed by atoms with van der Waals surface area (Å²) in [6.45, 7) is 10.0. The minimum absolute atomic E-state index is 0.0708. The van der Waals surface area contributed by atoms with E-state index in [1.807, 2.05) is 19.1 Å². The predicted octanol–water partition coefficient (Wildman–Crippen LogP) is 3.81. The second-order valence-corrected chi connectivity index (χ2v) is 7.19. The topological polar surface area (TPSA) is 59.1 Å². The van der Waals surface area contributed by atoms with Crippen molar-refractivity contribution in [3.05, 3.63) is 12.2 Å². The predicted molar refractivity (Wildman–Crippen MR) is 100 cm³/mol. The molecular formula is C19H36N2O4. The minimum atomic E-state index is -0.635. The van der Waals surface area contributed by atoms with Gasteiger partial charge in [0.05, 0.1) is 0 Å². The number of amides is 2. The van der Waals surface area contributed by atoms with Crippen molar-refractivity contribution in [3.8, 4) is 0 Å². The average Bonchev–Trinajstić information content (AvgIpc) is 2.49. The number of ether oxygens (including phenoxy) is 2. The van der Waals surface area contributed by atoms with Gasteiger partial charge in [0.15, 0.2) is 0 Å². The SMILES string of the molecule is CC/C=C\CC(OCCCC)N(CC(=O)N(C)C)C(=O)OC(C)(C)C. The summed E-state index contributed by atoms with van der Waals surface area (Å²) in [7, 11) is 3.33. The second kappa shape index (κ2) is 11.9. The van der Waals surface area contributed by atoms with Gasteiger partial charge in [-0.3, -0.25) is 9.69 Å². The lowest BCUT2D eigenvalue weighted by atomic mass is 10.2. The van der Waals surface area contributed by atoms with Crippen molar-refractivity contribution < 1.29 is 19.1 Å². The van der Waals surface area contributed by atoms with Gasteiger partial charge < -0.3 is 14.4 Å². The van der Waals surface area contributed by atoms with E-state index in [4.69, 9.17) is 9.47 Å². The van der Waals surface area contributed by atoms with E-state index in [9.17, 15) is 9.59 Å². The van der Waals surface area contributed by atoms with Crippen molar-refractivity contribution >= 4 is 12.0 Å². The lowest BCUT2D eigenvalue weighted by Crippen LogP contribution is -2.49. The molecule has 0 aliphatic rings. The smallest absolute Gasteiger partial charge is 0.412 e. The molecular weight excluding hydrogens is 320 g/mol. The van der Waals surface area contributed by atoms with Crippen molar-refractivity contribution in [2.75, 3.05) is 27.2 Å². The molecule has 0 aromatic rings. The zero-order chi connectivity index (χ0) is 19.5. The first-order chi connectivity index (χ1) is 11.6. The largest absolute Gasteiger partial charge is 0.444 e. The average molecular weight is 357 g/mol. The molecule has 0 saturated heterocycles. The molecule has 0 radical (unpaired) electrons. The Morgan fingerprint density at radius 3 is 2.24 bits per heavy atom. The first-order valence-corrected chi connectivity index (χ1v) is 9.08. The maximum Gasteiger partial charge on any atom is 0.412 e. The van der Waals surface area contributed by atoms with Crippen LogP contribution in [-0.4, -0.2) is 60.9 Å². The normalized spacial score (nSPS) is 12.9. The van der Waals surface area contributed by atoms with Crippen molar-refractivity contribution in [2.24, 2.45) is 0 Å². The van der Waals surface area contributed by atoms with Crippen LogP contribution in [0.15, 0.2) is 12.2 Å². The number of likely N-dealkylation sites (N-methyl/N-ethyl adjacent to an activating group) is 1. The number of hydrogen-bond donors (Lipinski definition) is 0. The van der Waals surface area contributed by atoms with Gasteiger partial charge in [-0.25, -0.2) is 4.79 Å². The number of carbonyl (C=O) groups excluding carboxylic acids is 2. The summed E-state index contributed by atoms with van der Waals surface area (Å²) in [6, 6.07) is 0. The van der Waals surface area contributed by atoms with E-state index >= 15 is 0 Å². The maximum absolute atomic E-state index is 12.7. The summed E-state index contributed by atoms with van der Waals surface area (Å²) in [5.74, 6) is -0.172. The van der Waals surface area contributed by atoms with Gasteiger partial charge in [-0.05, 0) is 33.6 Å². The molecule has 0 saturated carbocycles. The zero-order valence-corrected chi connectivity index (χ0v) is 17.0. The van der Waals surface area contributed by atoms with Gasteiger partial charge in [-0.1, -0.05) is 32.4 Å². The van der Waals surface area contributed by atoms with E-state index in [0.717, 1.165) is 19.3 Å². The number of unbranched alkanes of at least 4 members (excludes halogenated alkanes) is 1. The molecule has 6 nitrogen and oxygen atoms in total. The van der Waals surface area contributed by atoms with Gasteiger partial charge in [0, 0.05) is 27.1 Å². The highest BCUT2D eigenvalue weighted by molar-refractivity contribution is 5.82. The first-order valence-electron chi connectivity index (χ1n) is 9.08.